The minimum absolute atomic E-state index is 0.109. The van der Waals surface area contributed by atoms with Crippen molar-refractivity contribution in [2.75, 3.05) is 33.8 Å². The monoisotopic (exact) mass is 664 g/mol. The Morgan fingerprint density at radius 3 is 2.23 bits per heavy atom. The molecule has 3 fully saturated rings. The van der Waals surface area contributed by atoms with Gasteiger partial charge in [-0.2, -0.15) is 13.2 Å². The van der Waals surface area contributed by atoms with Gasteiger partial charge in [0.25, 0.3) is 5.56 Å². The Morgan fingerprint density at radius 2 is 1.60 bits per heavy atom. The molecule has 48 heavy (non-hydrogen) atoms. The number of hydrogen-bond donors (Lipinski definition) is 0. The number of piperidine rings is 2. The smallest absolute Gasteiger partial charge is 0.376 e. The molecule has 3 aliphatic rings. The standard InChI is InChI=1S/C37H43F3N4O4/c1-41(33(46)37(38,39)40)30-16-21-44(31(24-30)28-13-7-4-8-14-28)34(47)43-22-19-36(48-2,35(25-43)17-9-10-18-35)26-42-20-15-29(23-32(42)45)27-11-5-3-6-12-27/h3-8,11-15,20,23,30-31H,9-10,16-19,21-22,24-26H2,1-2H3/t30-,31+,36-/m1/s1. The largest absolute Gasteiger partial charge is 0.471 e. The Balaban J connectivity index is 1.24. The molecule has 0 bridgehead atoms. The summed E-state index contributed by atoms with van der Waals surface area (Å²) in [7, 11) is 2.90. The van der Waals surface area contributed by atoms with Crippen molar-refractivity contribution < 1.29 is 27.5 Å². The van der Waals surface area contributed by atoms with Gasteiger partial charge in [0.05, 0.1) is 18.2 Å². The highest BCUT2D eigenvalue weighted by molar-refractivity contribution is 5.82. The zero-order chi connectivity index (χ0) is 34.1. The highest BCUT2D eigenvalue weighted by Crippen LogP contribution is 2.53. The van der Waals surface area contributed by atoms with E-state index in [4.69, 9.17) is 4.74 Å². The number of rotatable bonds is 6. The fourth-order valence-corrected chi connectivity index (χ4v) is 8.42. The molecule has 1 saturated carbocycles. The quantitative estimate of drug-likeness (QED) is 0.301. The number of alkyl halides is 3. The molecular weight excluding hydrogens is 621 g/mol. The van der Waals surface area contributed by atoms with Gasteiger partial charge in [-0.25, -0.2) is 4.79 Å². The summed E-state index contributed by atoms with van der Waals surface area (Å²) < 4.78 is 48.1. The van der Waals surface area contributed by atoms with Crippen LogP contribution < -0.4 is 5.56 Å². The third kappa shape index (κ3) is 6.36. The van der Waals surface area contributed by atoms with Crippen molar-refractivity contribution in [3.05, 3.63) is 94.9 Å². The van der Waals surface area contributed by atoms with Gasteiger partial charge in [-0.15, -0.1) is 0 Å². The molecule has 1 aromatic heterocycles. The van der Waals surface area contributed by atoms with E-state index in [2.05, 4.69) is 0 Å². The van der Waals surface area contributed by atoms with Crippen molar-refractivity contribution in [1.82, 2.24) is 19.3 Å². The molecular formula is C37H43F3N4O4. The van der Waals surface area contributed by atoms with E-state index in [1.807, 2.05) is 77.8 Å². The van der Waals surface area contributed by atoms with E-state index in [0.29, 0.717) is 26.1 Å². The minimum Gasteiger partial charge on any atom is -0.376 e. The summed E-state index contributed by atoms with van der Waals surface area (Å²) in [6.07, 6.45) is 1.56. The molecule has 256 valence electrons. The van der Waals surface area contributed by atoms with E-state index in [-0.39, 0.29) is 36.4 Å². The molecule has 3 amide bonds. The number of urea groups is 1. The molecule has 2 aromatic carbocycles. The number of nitrogens with zero attached hydrogens (tertiary/aromatic N) is 4. The molecule has 3 aromatic rings. The Kier molecular flexibility index (Phi) is 9.44. The average molecular weight is 665 g/mol. The number of pyridine rings is 1. The fraction of sp³-hybridized carbons (Fsp3) is 0.486. The summed E-state index contributed by atoms with van der Waals surface area (Å²) in [5.74, 6) is -1.87. The molecule has 3 heterocycles. The molecule has 2 aliphatic heterocycles. The zero-order valence-electron chi connectivity index (χ0n) is 27.5. The van der Waals surface area contributed by atoms with Crippen molar-refractivity contribution in [2.45, 2.75) is 75.4 Å². The number of hydrogen-bond acceptors (Lipinski definition) is 4. The first kappa shape index (κ1) is 33.8. The highest BCUT2D eigenvalue weighted by Gasteiger charge is 2.57. The van der Waals surface area contributed by atoms with Gasteiger partial charge in [-0.1, -0.05) is 73.5 Å². The van der Waals surface area contributed by atoms with Crippen molar-refractivity contribution in [3.63, 3.8) is 0 Å². The number of carbonyl (C=O) groups is 2. The van der Waals surface area contributed by atoms with Gasteiger partial charge >= 0.3 is 18.1 Å². The van der Waals surface area contributed by atoms with Gasteiger partial charge < -0.3 is 24.0 Å². The Bertz CT molecular complexity index is 1660. The number of amides is 3. The minimum atomic E-state index is -4.96. The van der Waals surface area contributed by atoms with E-state index < -0.39 is 29.8 Å². The molecule has 8 nitrogen and oxygen atoms in total. The molecule has 0 radical (unpaired) electrons. The van der Waals surface area contributed by atoms with Gasteiger partial charge in [0.1, 0.15) is 0 Å². The Labute approximate surface area is 279 Å². The first-order chi connectivity index (χ1) is 23.0. The van der Waals surface area contributed by atoms with E-state index in [1.165, 1.54) is 7.05 Å². The second-order valence-corrected chi connectivity index (χ2v) is 13.6. The van der Waals surface area contributed by atoms with Crippen LogP contribution in [0.1, 0.15) is 56.6 Å². The lowest BCUT2D eigenvalue weighted by Gasteiger charge is -2.55. The van der Waals surface area contributed by atoms with Crippen LogP contribution in [0.3, 0.4) is 0 Å². The number of carbonyl (C=O) groups excluding carboxylic acids is 2. The average Bonchev–Trinajstić information content (AvgIpc) is 3.58. The number of methoxy groups -OCH3 is 1. The van der Waals surface area contributed by atoms with Crippen LogP contribution in [0.15, 0.2) is 83.8 Å². The van der Waals surface area contributed by atoms with E-state index in [0.717, 1.165) is 47.3 Å². The first-order valence-electron chi connectivity index (χ1n) is 16.7. The number of likely N-dealkylation sites (tertiary alicyclic amines) is 2. The van der Waals surface area contributed by atoms with Gasteiger partial charge in [0.2, 0.25) is 0 Å². The highest BCUT2D eigenvalue weighted by atomic mass is 19.4. The molecule has 0 N–H and O–H groups in total. The summed E-state index contributed by atoms with van der Waals surface area (Å²) in [5.41, 5.74) is 1.50. The Morgan fingerprint density at radius 1 is 0.938 bits per heavy atom. The number of ether oxygens (including phenoxy) is 1. The van der Waals surface area contributed by atoms with Crippen molar-refractivity contribution in [2.24, 2.45) is 5.41 Å². The summed E-state index contributed by atoms with van der Waals surface area (Å²) in [5, 5.41) is 0. The van der Waals surface area contributed by atoms with Crippen LogP contribution in [0.4, 0.5) is 18.0 Å². The summed E-state index contributed by atoms with van der Waals surface area (Å²) in [6, 6.07) is 21.4. The third-order valence-corrected chi connectivity index (χ3v) is 11.1. The van der Waals surface area contributed by atoms with Crippen LogP contribution in [0.25, 0.3) is 11.1 Å². The second kappa shape index (κ2) is 13.4. The fourth-order valence-electron chi connectivity index (χ4n) is 8.42. The van der Waals surface area contributed by atoms with Gasteiger partial charge in [-0.3, -0.25) is 9.59 Å². The van der Waals surface area contributed by atoms with E-state index >= 15 is 0 Å². The van der Waals surface area contributed by atoms with Crippen LogP contribution in [-0.4, -0.2) is 82.8 Å². The maximum Gasteiger partial charge on any atom is 0.471 e. The molecule has 11 heteroatoms. The van der Waals surface area contributed by atoms with Gasteiger partial charge in [0.15, 0.2) is 0 Å². The molecule has 1 spiro atoms. The zero-order valence-corrected chi connectivity index (χ0v) is 27.5. The number of halogens is 3. The molecule has 3 atom stereocenters. The van der Waals surface area contributed by atoms with Crippen LogP contribution in [0, 0.1) is 5.41 Å². The molecule has 2 saturated heterocycles. The summed E-state index contributed by atoms with van der Waals surface area (Å²) >= 11 is 0. The Hall–Kier alpha value is -4.12. The summed E-state index contributed by atoms with van der Waals surface area (Å²) in [4.78, 5) is 44.4. The molecule has 6 rings (SSSR count). The number of aromatic nitrogens is 1. The van der Waals surface area contributed by atoms with E-state index in [1.54, 1.807) is 22.6 Å². The maximum atomic E-state index is 14.4. The lowest BCUT2D eigenvalue weighted by Crippen LogP contribution is -2.64. The maximum absolute atomic E-state index is 14.4. The normalized spacial score (nSPS) is 24.1. The lowest BCUT2D eigenvalue weighted by molar-refractivity contribution is -0.187. The van der Waals surface area contributed by atoms with Crippen molar-refractivity contribution >= 4 is 11.9 Å². The van der Waals surface area contributed by atoms with Crippen LogP contribution in [0.2, 0.25) is 0 Å². The third-order valence-electron chi connectivity index (χ3n) is 11.1. The molecule has 1 aliphatic carbocycles. The van der Waals surface area contributed by atoms with Gasteiger partial charge in [-0.05, 0) is 54.9 Å². The number of benzene rings is 2. The predicted molar refractivity (Wildman–Crippen MR) is 176 cm³/mol. The van der Waals surface area contributed by atoms with Crippen molar-refractivity contribution in [3.8, 4) is 11.1 Å². The summed E-state index contributed by atoms with van der Waals surface area (Å²) in [6.45, 7) is 1.47. The van der Waals surface area contributed by atoms with E-state index in [9.17, 15) is 27.6 Å². The van der Waals surface area contributed by atoms with Crippen LogP contribution in [-0.2, 0) is 16.1 Å². The lowest BCUT2D eigenvalue weighted by atomic mass is 9.65. The second-order valence-electron chi connectivity index (χ2n) is 13.6. The van der Waals surface area contributed by atoms with Crippen molar-refractivity contribution in [1.29, 1.82) is 0 Å². The van der Waals surface area contributed by atoms with Crippen LogP contribution in [0.5, 0.6) is 0 Å². The topological polar surface area (TPSA) is 75.1 Å². The first-order valence-corrected chi connectivity index (χ1v) is 16.7. The predicted octanol–water partition coefficient (Wildman–Crippen LogP) is 6.51. The molecule has 0 unspecified atom stereocenters. The van der Waals surface area contributed by atoms with Gasteiger partial charge in [0, 0.05) is 57.5 Å². The van der Waals surface area contributed by atoms with Crippen LogP contribution >= 0.6 is 0 Å². The SMILES string of the molecule is CO[C@@]1(Cn2ccc(-c3ccccc3)cc2=O)CCN(C(=O)N2CC[C@@H](N(C)C(=O)C(F)(F)F)C[C@H]2c2ccccc2)CC12CCCC2.